The van der Waals surface area contributed by atoms with Gasteiger partial charge in [-0.25, -0.2) is 9.78 Å². The molecule has 1 heterocycles. The van der Waals surface area contributed by atoms with Crippen LogP contribution in [0.25, 0.3) is 0 Å². The molecule has 2 rings (SSSR count). The number of rotatable bonds is 5. The minimum absolute atomic E-state index is 0.136. The first-order valence-corrected chi connectivity index (χ1v) is 5.68. The van der Waals surface area contributed by atoms with Crippen molar-refractivity contribution in [3.63, 3.8) is 0 Å². The molecule has 0 aliphatic heterocycles. The molecule has 1 atom stereocenters. The third-order valence-electron chi connectivity index (χ3n) is 2.56. The van der Waals surface area contributed by atoms with Gasteiger partial charge in [0.2, 0.25) is 0 Å². The minimum atomic E-state index is -1.14. The average molecular weight is 259 g/mol. The summed E-state index contributed by atoms with van der Waals surface area (Å²) in [4.78, 5) is 18.5. The fourth-order valence-corrected chi connectivity index (χ4v) is 1.64. The standard InChI is InChI=1S/C13H13N3O3/c17-8-11(9-4-2-1-3-5-9)16-12-7-14-6-10(15-12)13(18)19/h1-7,11,17H,8H2,(H,15,16)(H,18,19). The smallest absolute Gasteiger partial charge is 0.356 e. The van der Waals surface area contributed by atoms with Crippen LogP contribution >= 0.6 is 0 Å². The van der Waals surface area contributed by atoms with Crippen LogP contribution in [0.4, 0.5) is 5.82 Å². The van der Waals surface area contributed by atoms with E-state index in [4.69, 9.17) is 5.11 Å². The molecule has 98 valence electrons. The van der Waals surface area contributed by atoms with Crippen LogP contribution in [0.1, 0.15) is 22.1 Å². The van der Waals surface area contributed by atoms with Gasteiger partial charge in [-0.15, -0.1) is 0 Å². The summed E-state index contributed by atoms with van der Waals surface area (Å²) in [5, 5.41) is 21.2. The molecule has 1 aromatic heterocycles. The number of carboxylic acids is 1. The van der Waals surface area contributed by atoms with Gasteiger partial charge in [0.25, 0.3) is 0 Å². The number of hydrogen-bond acceptors (Lipinski definition) is 5. The number of aliphatic hydroxyl groups excluding tert-OH is 1. The number of anilines is 1. The monoisotopic (exact) mass is 259 g/mol. The van der Waals surface area contributed by atoms with Gasteiger partial charge in [-0.3, -0.25) is 4.98 Å². The number of carbonyl (C=O) groups is 1. The van der Waals surface area contributed by atoms with Gasteiger partial charge in [-0.05, 0) is 5.56 Å². The van der Waals surface area contributed by atoms with E-state index in [9.17, 15) is 9.90 Å². The summed E-state index contributed by atoms with van der Waals surface area (Å²) in [5.41, 5.74) is 0.738. The third-order valence-corrected chi connectivity index (χ3v) is 2.56. The van der Waals surface area contributed by atoms with Gasteiger partial charge < -0.3 is 15.5 Å². The number of aromatic nitrogens is 2. The maximum Gasteiger partial charge on any atom is 0.356 e. The van der Waals surface area contributed by atoms with Crippen molar-refractivity contribution in [1.29, 1.82) is 0 Å². The zero-order valence-corrected chi connectivity index (χ0v) is 10.0. The Balaban J connectivity index is 2.19. The van der Waals surface area contributed by atoms with E-state index in [2.05, 4.69) is 15.3 Å². The molecular weight excluding hydrogens is 246 g/mol. The van der Waals surface area contributed by atoms with Gasteiger partial charge >= 0.3 is 5.97 Å². The lowest BCUT2D eigenvalue weighted by Gasteiger charge is -2.17. The van der Waals surface area contributed by atoms with E-state index in [0.29, 0.717) is 5.82 Å². The number of carboxylic acid groups (broad SMARTS) is 1. The number of aliphatic hydroxyl groups is 1. The molecule has 6 heteroatoms. The van der Waals surface area contributed by atoms with Crippen molar-refractivity contribution in [3.05, 3.63) is 54.0 Å². The molecule has 0 aliphatic carbocycles. The fourth-order valence-electron chi connectivity index (χ4n) is 1.64. The highest BCUT2D eigenvalue weighted by atomic mass is 16.4. The lowest BCUT2D eigenvalue weighted by molar-refractivity contribution is 0.0690. The van der Waals surface area contributed by atoms with Crippen molar-refractivity contribution in [2.75, 3.05) is 11.9 Å². The Morgan fingerprint density at radius 3 is 2.63 bits per heavy atom. The second-order valence-corrected chi connectivity index (χ2v) is 3.88. The Kier molecular flexibility index (Phi) is 4.04. The first-order valence-electron chi connectivity index (χ1n) is 5.68. The summed E-state index contributed by atoms with van der Waals surface area (Å²) in [6.45, 7) is -0.136. The molecule has 3 N–H and O–H groups in total. The maximum absolute atomic E-state index is 10.8. The SMILES string of the molecule is O=C(O)c1cncc(NC(CO)c2ccccc2)n1. The van der Waals surface area contributed by atoms with E-state index in [1.807, 2.05) is 30.3 Å². The molecule has 2 aromatic rings. The van der Waals surface area contributed by atoms with Crippen LogP contribution in [0.2, 0.25) is 0 Å². The van der Waals surface area contributed by atoms with E-state index in [1.54, 1.807) is 0 Å². The average Bonchev–Trinajstić information content (AvgIpc) is 2.46. The van der Waals surface area contributed by atoms with Crippen molar-refractivity contribution < 1.29 is 15.0 Å². The lowest BCUT2D eigenvalue weighted by Crippen LogP contribution is -2.16. The second-order valence-electron chi connectivity index (χ2n) is 3.88. The Labute approximate surface area is 109 Å². The highest BCUT2D eigenvalue weighted by Gasteiger charge is 2.12. The van der Waals surface area contributed by atoms with E-state index < -0.39 is 5.97 Å². The second kappa shape index (κ2) is 5.92. The number of nitrogens with one attached hydrogen (secondary N) is 1. The number of benzene rings is 1. The zero-order valence-electron chi connectivity index (χ0n) is 10.0. The Hall–Kier alpha value is -2.47. The van der Waals surface area contributed by atoms with Gasteiger partial charge in [-0.1, -0.05) is 30.3 Å². The van der Waals surface area contributed by atoms with Crippen LogP contribution in [0.5, 0.6) is 0 Å². The molecule has 0 radical (unpaired) electrons. The van der Waals surface area contributed by atoms with E-state index in [1.165, 1.54) is 12.4 Å². The summed E-state index contributed by atoms with van der Waals surface area (Å²) in [5.74, 6) is -0.834. The quantitative estimate of drug-likeness (QED) is 0.749. The van der Waals surface area contributed by atoms with Crippen LogP contribution in [0.15, 0.2) is 42.7 Å². The van der Waals surface area contributed by atoms with E-state index in [0.717, 1.165) is 5.56 Å². The first kappa shape index (κ1) is 13.0. The van der Waals surface area contributed by atoms with Gasteiger partial charge in [0.1, 0.15) is 5.82 Å². The molecule has 1 unspecified atom stereocenters. The lowest BCUT2D eigenvalue weighted by atomic mass is 10.1. The number of aromatic carboxylic acids is 1. The molecule has 19 heavy (non-hydrogen) atoms. The largest absolute Gasteiger partial charge is 0.476 e. The molecule has 0 aliphatic rings. The summed E-state index contributed by atoms with van der Waals surface area (Å²) < 4.78 is 0. The Bertz CT molecular complexity index is 560. The molecule has 0 saturated heterocycles. The molecule has 1 aromatic carbocycles. The predicted octanol–water partition coefficient (Wildman–Crippen LogP) is 1.32. The highest BCUT2D eigenvalue weighted by Crippen LogP contribution is 2.17. The summed E-state index contributed by atoms with van der Waals surface area (Å²) in [7, 11) is 0. The zero-order chi connectivity index (χ0) is 13.7. The molecule has 0 fully saturated rings. The van der Waals surface area contributed by atoms with Crippen molar-refractivity contribution >= 4 is 11.8 Å². The maximum atomic E-state index is 10.8. The van der Waals surface area contributed by atoms with Gasteiger partial charge in [0, 0.05) is 0 Å². The van der Waals surface area contributed by atoms with Crippen molar-refractivity contribution in [3.8, 4) is 0 Å². The highest BCUT2D eigenvalue weighted by molar-refractivity contribution is 5.85. The van der Waals surface area contributed by atoms with Crippen LogP contribution in [-0.2, 0) is 0 Å². The summed E-state index contributed by atoms with van der Waals surface area (Å²) >= 11 is 0. The topological polar surface area (TPSA) is 95.3 Å². The van der Waals surface area contributed by atoms with Gasteiger partial charge in [0.15, 0.2) is 5.69 Å². The minimum Gasteiger partial charge on any atom is -0.476 e. The molecule has 6 nitrogen and oxygen atoms in total. The van der Waals surface area contributed by atoms with Gasteiger partial charge in [0.05, 0.1) is 25.0 Å². The van der Waals surface area contributed by atoms with Crippen LogP contribution in [0, 0.1) is 0 Å². The van der Waals surface area contributed by atoms with Gasteiger partial charge in [-0.2, -0.15) is 0 Å². The fraction of sp³-hybridized carbons (Fsp3) is 0.154. The first-order chi connectivity index (χ1) is 9.20. The van der Waals surface area contributed by atoms with Crippen molar-refractivity contribution in [1.82, 2.24) is 9.97 Å². The normalized spacial score (nSPS) is 11.8. The predicted molar refractivity (Wildman–Crippen MR) is 68.9 cm³/mol. The third kappa shape index (κ3) is 3.26. The van der Waals surface area contributed by atoms with Crippen molar-refractivity contribution in [2.24, 2.45) is 0 Å². The molecule has 0 spiro atoms. The van der Waals surface area contributed by atoms with E-state index in [-0.39, 0.29) is 18.3 Å². The van der Waals surface area contributed by atoms with Crippen LogP contribution in [0.3, 0.4) is 0 Å². The summed E-state index contributed by atoms with van der Waals surface area (Å²) in [6.07, 6.45) is 2.59. The number of hydrogen-bond donors (Lipinski definition) is 3. The van der Waals surface area contributed by atoms with Crippen LogP contribution in [-0.4, -0.2) is 32.8 Å². The number of nitrogens with zero attached hydrogens (tertiary/aromatic N) is 2. The molecule has 0 bridgehead atoms. The Morgan fingerprint density at radius 1 is 1.26 bits per heavy atom. The molecule has 0 saturated carbocycles. The van der Waals surface area contributed by atoms with Crippen molar-refractivity contribution in [2.45, 2.75) is 6.04 Å². The molecular formula is C13H13N3O3. The van der Waals surface area contributed by atoms with Crippen LogP contribution < -0.4 is 5.32 Å². The molecule has 0 amide bonds. The van der Waals surface area contributed by atoms with E-state index >= 15 is 0 Å². The summed E-state index contributed by atoms with van der Waals surface area (Å²) in [6, 6.07) is 8.96. The Morgan fingerprint density at radius 2 is 2.00 bits per heavy atom.